The van der Waals surface area contributed by atoms with Gasteiger partial charge in [-0.2, -0.15) is 0 Å². The first kappa shape index (κ1) is 14.2. The van der Waals surface area contributed by atoms with E-state index in [9.17, 15) is 0 Å². The van der Waals surface area contributed by atoms with Gasteiger partial charge in [0.2, 0.25) is 0 Å². The molecule has 0 aromatic rings. The normalized spacial score (nSPS) is 27.5. The number of ether oxygens (including phenoxy) is 2. The fraction of sp³-hybridized carbons (Fsp3) is 1.00. The van der Waals surface area contributed by atoms with Crippen molar-refractivity contribution < 1.29 is 9.47 Å². The zero-order valence-electron chi connectivity index (χ0n) is 11.6. The molecule has 0 saturated carbocycles. The average molecular weight is 257 g/mol. The van der Waals surface area contributed by atoms with Gasteiger partial charge in [0.25, 0.3) is 0 Å². The van der Waals surface area contributed by atoms with Crippen LogP contribution in [-0.4, -0.2) is 88.1 Å². The van der Waals surface area contributed by atoms with Crippen LogP contribution in [0.4, 0.5) is 0 Å². The van der Waals surface area contributed by atoms with Gasteiger partial charge in [0.1, 0.15) is 0 Å². The van der Waals surface area contributed by atoms with Crippen molar-refractivity contribution in [3.8, 4) is 0 Å². The van der Waals surface area contributed by atoms with E-state index in [-0.39, 0.29) is 0 Å². The minimum Gasteiger partial charge on any atom is -0.379 e. The zero-order valence-corrected chi connectivity index (χ0v) is 11.6. The number of rotatable bonds is 6. The molecule has 2 saturated heterocycles. The second-order valence-corrected chi connectivity index (χ2v) is 5.03. The van der Waals surface area contributed by atoms with Gasteiger partial charge in [-0.05, 0) is 6.54 Å². The van der Waals surface area contributed by atoms with Gasteiger partial charge in [-0.1, -0.05) is 6.92 Å². The number of morpholine rings is 2. The molecule has 18 heavy (non-hydrogen) atoms. The first-order chi connectivity index (χ1) is 8.90. The third-order valence-electron chi connectivity index (χ3n) is 3.79. The first-order valence-corrected chi connectivity index (χ1v) is 7.22. The summed E-state index contributed by atoms with van der Waals surface area (Å²) < 4.78 is 11.0. The Hall–Kier alpha value is -0.200. The molecular weight excluding hydrogens is 230 g/mol. The minimum absolute atomic E-state index is 0.541. The molecule has 5 nitrogen and oxygen atoms in total. The molecule has 0 aromatic carbocycles. The highest BCUT2D eigenvalue weighted by Gasteiger charge is 2.23. The maximum absolute atomic E-state index is 5.59. The second kappa shape index (κ2) is 8.07. The quantitative estimate of drug-likeness (QED) is 0.703. The zero-order chi connectivity index (χ0) is 12.6. The molecule has 5 heteroatoms. The summed E-state index contributed by atoms with van der Waals surface area (Å²) in [4.78, 5) is 5.07. The van der Waals surface area contributed by atoms with Crippen molar-refractivity contribution in [3.05, 3.63) is 0 Å². The third kappa shape index (κ3) is 4.48. The van der Waals surface area contributed by atoms with E-state index in [1.165, 1.54) is 0 Å². The minimum atomic E-state index is 0.541. The summed E-state index contributed by atoms with van der Waals surface area (Å²) in [6.45, 7) is 13.3. The Morgan fingerprint density at radius 1 is 1.06 bits per heavy atom. The number of hydrogen-bond acceptors (Lipinski definition) is 5. The van der Waals surface area contributed by atoms with Crippen molar-refractivity contribution >= 4 is 0 Å². The fourth-order valence-corrected chi connectivity index (χ4v) is 2.58. The van der Waals surface area contributed by atoms with E-state index in [2.05, 4.69) is 22.0 Å². The molecule has 0 amide bonds. The van der Waals surface area contributed by atoms with Crippen LogP contribution in [0.2, 0.25) is 0 Å². The number of hydrogen-bond donors (Lipinski definition) is 1. The predicted molar refractivity (Wildman–Crippen MR) is 72.0 cm³/mol. The maximum atomic E-state index is 5.59. The van der Waals surface area contributed by atoms with Gasteiger partial charge < -0.3 is 14.8 Å². The van der Waals surface area contributed by atoms with E-state index in [1.807, 2.05) is 0 Å². The Morgan fingerprint density at radius 2 is 1.83 bits per heavy atom. The first-order valence-electron chi connectivity index (χ1n) is 7.22. The summed E-state index contributed by atoms with van der Waals surface area (Å²) in [5, 5.41) is 3.43. The third-order valence-corrected chi connectivity index (χ3v) is 3.79. The highest BCUT2D eigenvalue weighted by molar-refractivity contribution is 4.78. The summed E-state index contributed by atoms with van der Waals surface area (Å²) in [6, 6.07) is 0.541. The van der Waals surface area contributed by atoms with Crippen LogP contribution in [-0.2, 0) is 9.47 Å². The molecule has 2 rings (SSSR count). The van der Waals surface area contributed by atoms with Gasteiger partial charge in [0.05, 0.1) is 26.4 Å². The second-order valence-electron chi connectivity index (χ2n) is 5.03. The smallest absolute Gasteiger partial charge is 0.0634 e. The van der Waals surface area contributed by atoms with E-state index in [0.29, 0.717) is 6.04 Å². The molecule has 2 fully saturated rings. The SMILES string of the molecule is CCNCC1COCCN1CCN1CCOCC1. The molecule has 2 aliphatic rings. The molecule has 0 aromatic heterocycles. The van der Waals surface area contributed by atoms with Gasteiger partial charge in [-0.3, -0.25) is 9.80 Å². The largest absolute Gasteiger partial charge is 0.379 e. The van der Waals surface area contributed by atoms with Gasteiger partial charge in [-0.15, -0.1) is 0 Å². The van der Waals surface area contributed by atoms with Crippen LogP contribution in [0.1, 0.15) is 6.92 Å². The lowest BCUT2D eigenvalue weighted by atomic mass is 10.2. The van der Waals surface area contributed by atoms with E-state index in [4.69, 9.17) is 9.47 Å². The molecule has 2 aliphatic heterocycles. The van der Waals surface area contributed by atoms with Crippen molar-refractivity contribution in [2.45, 2.75) is 13.0 Å². The lowest BCUT2D eigenvalue weighted by Crippen LogP contribution is -2.53. The average Bonchev–Trinajstić information content (AvgIpc) is 2.45. The molecule has 106 valence electrons. The van der Waals surface area contributed by atoms with Crippen LogP contribution in [0, 0.1) is 0 Å². The van der Waals surface area contributed by atoms with E-state index in [1.54, 1.807) is 0 Å². The maximum Gasteiger partial charge on any atom is 0.0634 e. The lowest BCUT2D eigenvalue weighted by molar-refractivity contribution is -0.0176. The summed E-state index contributed by atoms with van der Waals surface area (Å²) in [5.41, 5.74) is 0. The summed E-state index contributed by atoms with van der Waals surface area (Å²) in [5.74, 6) is 0. The predicted octanol–water partition coefficient (Wildman–Crippen LogP) is -0.371. The molecule has 2 heterocycles. The van der Waals surface area contributed by atoms with E-state index < -0.39 is 0 Å². The van der Waals surface area contributed by atoms with Crippen molar-refractivity contribution in [2.24, 2.45) is 0 Å². The topological polar surface area (TPSA) is 37.0 Å². The lowest BCUT2D eigenvalue weighted by Gasteiger charge is -2.37. The molecule has 0 bridgehead atoms. The van der Waals surface area contributed by atoms with Crippen LogP contribution in [0.25, 0.3) is 0 Å². The molecular formula is C13H27N3O2. The van der Waals surface area contributed by atoms with Crippen molar-refractivity contribution in [2.75, 3.05) is 72.2 Å². The van der Waals surface area contributed by atoms with Crippen LogP contribution < -0.4 is 5.32 Å². The molecule has 1 unspecified atom stereocenters. The molecule has 0 radical (unpaired) electrons. The van der Waals surface area contributed by atoms with Gasteiger partial charge in [0, 0.05) is 45.3 Å². The molecule has 1 atom stereocenters. The number of likely N-dealkylation sites (N-methyl/N-ethyl adjacent to an activating group) is 1. The molecule has 1 N–H and O–H groups in total. The van der Waals surface area contributed by atoms with Crippen LogP contribution >= 0.6 is 0 Å². The number of nitrogens with one attached hydrogen (secondary N) is 1. The monoisotopic (exact) mass is 257 g/mol. The summed E-state index contributed by atoms with van der Waals surface area (Å²) in [7, 11) is 0. The Labute approximate surface area is 110 Å². The standard InChI is InChI=1S/C13H27N3O2/c1-2-14-11-13-12-18-10-7-16(13)4-3-15-5-8-17-9-6-15/h13-14H,2-12H2,1H3. The van der Waals surface area contributed by atoms with Crippen molar-refractivity contribution in [1.29, 1.82) is 0 Å². The number of nitrogens with zero attached hydrogens (tertiary/aromatic N) is 2. The van der Waals surface area contributed by atoms with E-state index >= 15 is 0 Å². The Morgan fingerprint density at radius 3 is 2.61 bits per heavy atom. The Bertz CT molecular complexity index is 222. The Balaban J connectivity index is 1.70. The highest BCUT2D eigenvalue weighted by atomic mass is 16.5. The summed E-state index contributed by atoms with van der Waals surface area (Å²) in [6.07, 6.45) is 0. The van der Waals surface area contributed by atoms with Crippen LogP contribution in [0.5, 0.6) is 0 Å². The fourth-order valence-electron chi connectivity index (χ4n) is 2.58. The van der Waals surface area contributed by atoms with Gasteiger partial charge >= 0.3 is 0 Å². The molecule has 0 spiro atoms. The van der Waals surface area contributed by atoms with Crippen LogP contribution in [0.15, 0.2) is 0 Å². The summed E-state index contributed by atoms with van der Waals surface area (Å²) >= 11 is 0. The van der Waals surface area contributed by atoms with Crippen LogP contribution in [0.3, 0.4) is 0 Å². The van der Waals surface area contributed by atoms with Gasteiger partial charge in [-0.25, -0.2) is 0 Å². The Kier molecular flexibility index (Phi) is 6.37. The highest BCUT2D eigenvalue weighted by Crippen LogP contribution is 2.07. The van der Waals surface area contributed by atoms with Gasteiger partial charge in [0.15, 0.2) is 0 Å². The molecule has 0 aliphatic carbocycles. The van der Waals surface area contributed by atoms with Crippen molar-refractivity contribution in [3.63, 3.8) is 0 Å². The van der Waals surface area contributed by atoms with Crippen molar-refractivity contribution in [1.82, 2.24) is 15.1 Å². The van der Waals surface area contributed by atoms with E-state index in [0.717, 1.165) is 72.2 Å².